The van der Waals surface area contributed by atoms with Gasteiger partial charge >= 0.3 is 0 Å². The Bertz CT molecular complexity index is 1230. The lowest BCUT2D eigenvalue weighted by atomic mass is 9.88. The molecule has 5 rings (SSSR count). The lowest BCUT2D eigenvalue weighted by Crippen LogP contribution is -2.67. The number of fused-ring (bicyclic) bond motifs is 4. The number of ether oxygens (including phenoxy) is 3. The van der Waals surface area contributed by atoms with Crippen molar-refractivity contribution < 1.29 is 19.0 Å². The average molecular weight is 461 g/mol. The Labute approximate surface area is 198 Å². The molecule has 1 fully saturated rings. The van der Waals surface area contributed by atoms with Crippen molar-refractivity contribution in [2.75, 3.05) is 19.1 Å². The Morgan fingerprint density at radius 1 is 0.970 bits per heavy atom. The molecule has 0 aromatic heterocycles. The highest BCUT2D eigenvalue weighted by Gasteiger charge is 2.54. The van der Waals surface area contributed by atoms with Crippen molar-refractivity contribution >= 4 is 28.9 Å². The molecule has 1 amide bonds. The summed E-state index contributed by atoms with van der Waals surface area (Å²) in [6.07, 6.45) is 0.531. The average Bonchev–Trinajstić information content (AvgIpc) is 2.83. The highest BCUT2D eigenvalue weighted by Crippen LogP contribution is 2.52. The molecule has 3 aromatic rings. The molecule has 2 aliphatic rings. The van der Waals surface area contributed by atoms with Crippen LogP contribution in [-0.4, -0.2) is 35.9 Å². The summed E-state index contributed by atoms with van der Waals surface area (Å²) in [7, 11) is 3.17. The van der Waals surface area contributed by atoms with Gasteiger partial charge in [-0.15, -0.1) is 0 Å². The van der Waals surface area contributed by atoms with E-state index in [0.717, 1.165) is 11.3 Å². The lowest BCUT2D eigenvalue weighted by molar-refractivity contribution is 0.0161. The second kappa shape index (κ2) is 8.08. The summed E-state index contributed by atoms with van der Waals surface area (Å²) < 4.78 is 17.7. The van der Waals surface area contributed by atoms with Gasteiger partial charge in [0.15, 0.2) is 22.3 Å². The maximum Gasteiger partial charge on any atom is 0.264 e. The third-order valence-corrected chi connectivity index (χ3v) is 6.61. The van der Waals surface area contributed by atoms with E-state index in [1.807, 2.05) is 72.5 Å². The van der Waals surface area contributed by atoms with E-state index >= 15 is 0 Å². The van der Waals surface area contributed by atoms with Crippen molar-refractivity contribution in [3.63, 3.8) is 0 Å². The van der Waals surface area contributed by atoms with E-state index in [1.165, 1.54) is 0 Å². The number of anilines is 1. The number of para-hydroxylation sites is 3. The number of nitrogens with zero attached hydrogens (tertiary/aromatic N) is 2. The zero-order chi connectivity index (χ0) is 23.2. The van der Waals surface area contributed by atoms with Crippen LogP contribution in [0, 0.1) is 0 Å². The van der Waals surface area contributed by atoms with E-state index in [4.69, 9.17) is 26.4 Å². The number of hydrogen-bond donors (Lipinski definition) is 0. The molecule has 0 radical (unpaired) electrons. The highest BCUT2D eigenvalue weighted by molar-refractivity contribution is 7.80. The maximum atomic E-state index is 14.0. The summed E-state index contributed by atoms with van der Waals surface area (Å²) >= 11 is 5.98. The van der Waals surface area contributed by atoms with Crippen LogP contribution in [0.2, 0.25) is 0 Å². The Kier molecular flexibility index (Phi) is 5.21. The van der Waals surface area contributed by atoms with Crippen molar-refractivity contribution in [2.45, 2.75) is 25.1 Å². The largest absolute Gasteiger partial charge is 0.496 e. The summed E-state index contributed by atoms with van der Waals surface area (Å²) in [5, 5.41) is 0.379. The fourth-order valence-electron chi connectivity index (χ4n) is 4.75. The van der Waals surface area contributed by atoms with Crippen LogP contribution in [0.5, 0.6) is 17.2 Å². The normalized spacial score (nSPS) is 21.2. The molecule has 168 valence electrons. The number of carbonyl (C=O) groups is 1. The summed E-state index contributed by atoms with van der Waals surface area (Å²) in [4.78, 5) is 17.6. The predicted molar refractivity (Wildman–Crippen MR) is 130 cm³/mol. The van der Waals surface area contributed by atoms with Gasteiger partial charge in [-0.2, -0.15) is 0 Å². The van der Waals surface area contributed by atoms with Crippen LogP contribution in [0.25, 0.3) is 0 Å². The van der Waals surface area contributed by atoms with Gasteiger partial charge in [-0.05, 0) is 49.5 Å². The monoisotopic (exact) mass is 460 g/mol. The summed E-state index contributed by atoms with van der Waals surface area (Å²) in [5.74, 6) is 1.53. The molecule has 0 N–H and O–H groups in total. The van der Waals surface area contributed by atoms with Gasteiger partial charge in [0.2, 0.25) is 0 Å². The molecular weight excluding hydrogens is 436 g/mol. The Morgan fingerprint density at radius 2 is 1.64 bits per heavy atom. The Morgan fingerprint density at radius 3 is 2.36 bits per heavy atom. The molecule has 0 aliphatic carbocycles. The van der Waals surface area contributed by atoms with Crippen molar-refractivity contribution in [1.82, 2.24) is 4.90 Å². The second-order valence-electron chi connectivity index (χ2n) is 8.20. The predicted octanol–water partition coefficient (Wildman–Crippen LogP) is 5.19. The van der Waals surface area contributed by atoms with Crippen molar-refractivity contribution in [3.05, 3.63) is 83.9 Å². The standard InChI is InChI=1S/C26H24N2O4S/c1-26-16-20(18-13-9-15-22(31-3)23(18)32-26)27(24(29)19-12-7-8-14-21(19)30-2)25(33)28(26)17-10-5-4-6-11-17/h4-15,20H,16H2,1-3H3/t20-,26+/m0/s1. The first-order valence-electron chi connectivity index (χ1n) is 10.7. The van der Waals surface area contributed by atoms with Crippen LogP contribution in [0.4, 0.5) is 5.69 Å². The van der Waals surface area contributed by atoms with Gasteiger partial charge in [0.1, 0.15) is 5.75 Å². The summed E-state index contributed by atoms with van der Waals surface area (Å²) in [5.41, 5.74) is 1.36. The third kappa shape index (κ3) is 3.31. The molecule has 0 unspecified atom stereocenters. The van der Waals surface area contributed by atoms with Crippen LogP contribution in [0.1, 0.15) is 35.3 Å². The van der Waals surface area contributed by atoms with E-state index in [-0.39, 0.29) is 11.9 Å². The molecule has 2 aliphatic heterocycles. The van der Waals surface area contributed by atoms with E-state index in [1.54, 1.807) is 31.3 Å². The fourth-order valence-corrected chi connectivity index (χ4v) is 5.25. The van der Waals surface area contributed by atoms with Crippen LogP contribution in [-0.2, 0) is 0 Å². The minimum atomic E-state index is -0.803. The zero-order valence-electron chi connectivity index (χ0n) is 18.6. The fraction of sp³-hybridized carbons (Fsp3) is 0.231. The molecule has 2 heterocycles. The smallest absolute Gasteiger partial charge is 0.264 e. The molecule has 2 atom stereocenters. The molecule has 0 spiro atoms. The first kappa shape index (κ1) is 21.3. The number of carbonyl (C=O) groups excluding carboxylic acids is 1. The van der Waals surface area contributed by atoms with Gasteiger partial charge in [0, 0.05) is 17.7 Å². The number of methoxy groups -OCH3 is 2. The third-order valence-electron chi connectivity index (χ3n) is 6.23. The molecule has 7 heteroatoms. The van der Waals surface area contributed by atoms with Crippen molar-refractivity contribution in [1.29, 1.82) is 0 Å². The van der Waals surface area contributed by atoms with E-state index in [0.29, 0.717) is 34.3 Å². The number of thiocarbonyl (C=S) groups is 1. The second-order valence-corrected chi connectivity index (χ2v) is 8.57. The molecule has 1 saturated heterocycles. The first-order chi connectivity index (χ1) is 16.0. The van der Waals surface area contributed by atoms with Crippen LogP contribution in [0.3, 0.4) is 0 Å². The zero-order valence-corrected chi connectivity index (χ0v) is 19.5. The topological polar surface area (TPSA) is 51.2 Å². The number of hydrogen-bond acceptors (Lipinski definition) is 5. The van der Waals surface area contributed by atoms with Gasteiger partial charge in [0.05, 0.1) is 25.8 Å². The molecule has 6 nitrogen and oxygen atoms in total. The number of amides is 1. The quantitative estimate of drug-likeness (QED) is 0.500. The number of benzene rings is 3. The van der Waals surface area contributed by atoms with Gasteiger partial charge in [-0.3, -0.25) is 14.6 Å². The van der Waals surface area contributed by atoms with Gasteiger partial charge in [-0.1, -0.05) is 42.5 Å². The van der Waals surface area contributed by atoms with E-state index < -0.39 is 5.72 Å². The molecule has 0 saturated carbocycles. The molecular formula is C26H24N2O4S. The molecule has 3 aromatic carbocycles. The minimum absolute atomic E-state index is 0.221. The summed E-state index contributed by atoms with van der Waals surface area (Å²) in [6, 6.07) is 22.4. The summed E-state index contributed by atoms with van der Waals surface area (Å²) in [6.45, 7) is 2.00. The van der Waals surface area contributed by atoms with Crippen molar-refractivity contribution in [2.24, 2.45) is 0 Å². The van der Waals surface area contributed by atoms with Gasteiger partial charge in [0.25, 0.3) is 5.91 Å². The number of rotatable bonds is 4. The van der Waals surface area contributed by atoms with Crippen LogP contribution in [0.15, 0.2) is 72.8 Å². The SMILES string of the molecule is COc1ccccc1C(=O)N1C(=S)N(c2ccccc2)[C@@]2(C)C[C@H]1c1cccc(OC)c1O2. The lowest BCUT2D eigenvalue weighted by Gasteiger charge is -2.55. The highest BCUT2D eigenvalue weighted by atomic mass is 32.1. The van der Waals surface area contributed by atoms with E-state index in [2.05, 4.69) is 0 Å². The maximum absolute atomic E-state index is 14.0. The Hall–Kier alpha value is -3.58. The van der Waals surface area contributed by atoms with Crippen LogP contribution >= 0.6 is 12.2 Å². The molecule has 33 heavy (non-hydrogen) atoms. The van der Waals surface area contributed by atoms with E-state index in [9.17, 15) is 4.79 Å². The van der Waals surface area contributed by atoms with Gasteiger partial charge < -0.3 is 14.2 Å². The first-order valence-corrected chi connectivity index (χ1v) is 11.1. The van der Waals surface area contributed by atoms with Crippen molar-refractivity contribution in [3.8, 4) is 17.2 Å². The van der Waals surface area contributed by atoms with Crippen LogP contribution < -0.4 is 19.1 Å². The molecule has 2 bridgehead atoms. The Balaban J connectivity index is 1.71. The minimum Gasteiger partial charge on any atom is -0.496 e. The van der Waals surface area contributed by atoms with Gasteiger partial charge in [-0.25, -0.2) is 0 Å².